The van der Waals surface area contributed by atoms with Crippen molar-refractivity contribution in [1.82, 2.24) is 5.32 Å². The number of nitrogens with one attached hydrogen (secondary N) is 1. The fourth-order valence-corrected chi connectivity index (χ4v) is 2.50. The molecule has 1 aliphatic carbocycles. The van der Waals surface area contributed by atoms with Gasteiger partial charge in [0, 0.05) is 18.5 Å². The number of amides is 1. The molecule has 1 aromatic rings. The predicted molar refractivity (Wildman–Crippen MR) is 76.8 cm³/mol. The second-order valence-electron chi connectivity index (χ2n) is 5.46. The van der Waals surface area contributed by atoms with E-state index in [1.165, 1.54) is 24.3 Å². The molecule has 3 nitrogen and oxygen atoms in total. The van der Waals surface area contributed by atoms with Crippen molar-refractivity contribution in [3.8, 4) is 0 Å². The highest BCUT2D eigenvalue weighted by molar-refractivity contribution is 5.91. The molecule has 1 fully saturated rings. The molecule has 0 bridgehead atoms. The highest BCUT2D eigenvalue weighted by Crippen LogP contribution is 2.29. The Morgan fingerprint density at radius 1 is 1.27 bits per heavy atom. The number of hydrogen-bond donors (Lipinski definition) is 2. The molecule has 120 valence electrons. The summed E-state index contributed by atoms with van der Waals surface area (Å²) in [4.78, 5) is 11.6. The maximum atomic E-state index is 12.4. The van der Waals surface area contributed by atoms with Gasteiger partial charge in [-0.2, -0.15) is 13.2 Å². The summed E-state index contributed by atoms with van der Waals surface area (Å²) in [5, 5.41) is 12.3. The average molecular weight is 313 g/mol. The van der Waals surface area contributed by atoms with E-state index in [1.54, 1.807) is 0 Å². The smallest absolute Gasteiger partial charge is 0.393 e. The van der Waals surface area contributed by atoms with Gasteiger partial charge in [-0.25, -0.2) is 0 Å². The molecule has 2 unspecified atom stereocenters. The number of halogens is 3. The Bertz CT molecular complexity index is 537. The molecule has 0 saturated heterocycles. The molecule has 0 aliphatic heterocycles. The van der Waals surface area contributed by atoms with Gasteiger partial charge in [-0.1, -0.05) is 18.6 Å². The number of alkyl halides is 3. The number of rotatable bonds is 4. The fraction of sp³-hybridized carbons (Fsp3) is 0.438. The Kier molecular flexibility index (Phi) is 5.24. The lowest BCUT2D eigenvalue weighted by Crippen LogP contribution is -2.31. The first kappa shape index (κ1) is 16.5. The van der Waals surface area contributed by atoms with Crippen LogP contribution in [0.15, 0.2) is 30.3 Å². The molecule has 1 aliphatic rings. The van der Waals surface area contributed by atoms with E-state index in [1.807, 2.05) is 0 Å². The summed E-state index contributed by atoms with van der Waals surface area (Å²) in [5.41, 5.74) is -0.201. The normalized spacial score (nSPS) is 22.2. The maximum Gasteiger partial charge on any atom is 0.416 e. The molecule has 22 heavy (non-hydrogen) atoms. The zero-order chi connectivity index (χ0) is 16.2. The topological polar surface area (TPSA) is 49.3 Å². The van der Waals surface area contributed by atoms with Crippen molar-refractivity contribution in [3.63, 3.8) is 0 Å². The van der Waals surface area contributed by atoms with E-state index in [0.29, 0.717) is 12.1 Å². The van der Waals surface area contributed by atoms with Crippen LogP contribution in [-0.2, 0) is 11.0 Å². The Balaban J connectivity index is 1.84. The van der Waals surface area contributed by atoms with Crippen molar-refractivity contribution in [1.29, 1.82) is 0 Å². The summed E-state index contributed by atoms with van der Waals surface area (Å²) in [7, 11) is 0. The summed E-state index contributed by atoms with van der Waals surface area (Å²) in [5.74, 6) is -0.234. The third kappa shape index (κ3) is 4.59. The van der Waals surface area contributed by atoms with Crippen LogP contribution in [0, 0.1) is 5.92 Å². The first-order valence-corrected chi connectivity index (χ1v) is 7.17. The van der Waals surface area contributed by atoms with Crippen LogP contribution >= 0.6 is 0 Å². The number of benzene rings is 1. The minimum atomic E-state index is -4.36. The van der Waals surface area contributed by atoms with E-state index < -0.39 is 11.7 Å². The van der Waals surface area contributed by atoms with Gasteiger partial charge in [0.1, 0.15) is 0 Å². The van der Waals surface area contributed by atoms with Crippen LogP contribution in [0.4, 0.5) is 13.2 Å². The van der Waals surface area contributed by atoms with E-state index in [9.17, 15) is 23.1 Å². The summed E-state index contributed by atoms with van der Waals surface area (Å²) >= 11 is 0. The lowest BCUT2D eigenvalue weighted by atomic mass is 10.1. The SMILES string of the molecule is O=C(C=Cc1ccc(C(F)(F)F)cc1)NCC1CCCC1O. The van der Waals surface area contributed by atoms with Crippen molar-refractivity contribution in [2.75, 3.05) is 6.54 Å². The van der Waals surface area contributed by atoms with Crippen molar-refractivity contribution < 1.29 is 23.1 Å². The summed E-state index contributed by atoms with van der Waals surface area (Å²) < 4.78 is 37.2. The van der Waals surface area contributed by atoms with Crippen LogP contribution in [-0.4, -0.2) is 23.7 Å². The molecular weight excluding hydrogens is 295 g/mol. The largest absolute Gasteiger partial charge is 0.416 e. The van der Waals surface area contributed by atoms with Crippen LogP contribution in [0.1, 0.15) is 30.4 Å². The molecule has 0 heterocycles. The minimum absolute atomic E-state index is 0.0865. The van der Waals surface area contributed by atoms with E-state index in [-0.39, 0.29) is 17.9 Å². The summed E-state index contributed by atoms with van der Waals surface area (Å²) in [6, 6.07) is 4.58. The number of aliphatic hydroxyl groups excluding tert-OH is 1. The molecule has 0 radical (unpaired) electrons. The third-order valence-corrected chi connectivity index (χ3v) is 3.82. The highest BCUT2D eigenvalue weighted by atomic mass is 19.4. The average Bonchev–Trinajstić information content (AvgIpc) is 2.88. The van der Waals surface area contributed by atoms with Crippen molar-refractivity contribution in [2.45, 2.75) is 31.5 Å². The van der Waals surface area contributed by atoms with E-state index in [2.05, 4.69) is 5.32 Å². The van der Waals surface area contributed by atoms with Crippen LogP contribution in [0.5, 0.6) is 0 Å². The van der Waals surface area contributed by atoms with Crippen LogP contribution in [0.2, 0.25) is 0 Å². The molecule has 1 saturated carbocycles. The molecule has 6 heteroatoms. The molecular formula is C16H18F3NO2. The number of hydrogen-bond acceptors (Lipinski definition) is 2. The molecule has 0 aromatic heterocycles. The lowest BCUT2D eigenvalue weighted by Gasteiger charge is -2.14. The molecule has 2 N–H and O–H groups in total. The van der Waals surface area contributed by atoms with Gasteiger partial charge in [-0.05, 0) is 36.6 Å². The Hall–Kier alpha value is -1.82. The zero-order valence-electron chi connectivity index (χ0n) is 11.9. The summed E-state index contributed by atoms with van der Waals surface area (Å²) in [6.07, 6.45) is 0.639. The van der Waals surface area contributed by atoms with Gasteiger partial charge < -0.3 is 10.4 Å². The minimum Gasteiger partial charge on any atom is -0.393 e. The standard InChI is InChI=1S/C16H18F3NO2/c17-16(18,19)13-7-4-11(5-8-13)6-9-15(22)20-10-12-2-1-3-14(12)21/h4-9,12,14,21H,1-3,10H2,(H,20,22). The van der Waals surface area contributed by atoms with Gasteiger partial charge in [0.15, 0.2) is 0 Å². The van der Waals surface area contributed by atoms with Crippen molar-refractivity contribution >= 4 is 12.0 Å². The van der Waals surface area contributed by atoms with Crippen LogP contribution in [0.3, 0.4) is 0 Å². The van der Waals surface area contributed by atoms with Crippen molar-refractivity contribution in [2.24, 2.45) is 5.92 Å². The Labute approximate surface area is 126 Å². The molecule has 2 atom stereocenters. The number of aliphatic hydroxyl groups is 1. The van der Waals surface area contributed by atoms with Gasteiger partial charge in [-0.3, -0.25) is 4.79 Å². The van der Waals surface area contributed by atoms with Crippen molar-refractivity contribution in [3.05, 3.63) is 41.5 Å². The quantitative estimate of drug-likeness (QED) is 0.840. The predicted octanol–water partition coefficient (Wildman–Crippen LogP) is 3.00. The molecule has 0 spiro atoms. The Morgan fingerprint density at radius 3 is 2.50 bits per heavy atom. The van der Waals surface area contributed by atoms with E-state index >= 15 is 0 Å². The van der Waals surface area contributed by atoms with E-state index in [4.69, 9.17) is 0 Å². The fourth-order valence-electron chi connectivity index (χ4n) is 2.50. The first-order chi connectivity index (χ1) is 10.4. The first-order valence-electron chi connectivity index (χ1n) is 7.17. The zero-order valence-corrected chi connectivity index (χ0v) is 11.9. The maximum absolute atomic E-state index is 12.4. The van der Waals surface area contributed by atoms with E-state index in [0.717, 1.165) is 31.4 Å². The monoisotopic (exact) mass is 313 g/mol. The third-order valence-electron chi connectivity index (χ3n) is 3.82. The molecule has 1 amide bonds. The molecule has 1 aromatic carbocycles. The number of carbonyl (C=O) groups is 1. The second-order valence-corrected chi connectivity index (χ2v) is 5.46. The molecule has 2 rings (SSSR count). The number of carbonyl (C=O) groups excluding carboxylic acids is 1. The van der Waals surface area contributed by atoms with Gasteiger partial charge in [0.2, 0.25) is 5.91 Å². The van der Waals surface area contributed by atoms with Gasteiger partial charge in [0.25, 0.3) is 0 Å². The van der Waals surface area contributed by atoms with Gasteiger partial charge in [0.05, 0.1) is 11.7 Å². The van der Waals surface area contributed by atoms with Crippen LogP contribution < -0.4 is 5.32 Å². The highest BCUT2D eigenvalue weighted by Gasteiger charge is 2.29. The van der Waals surface area contributed by atoms with Gasteiger partial charge >= 0.3 is 6.18 Å². The van der Waals surface area contributed by atoms with Crippen LogP contribution in [0.25, 0.3) is 6.08 Å². The summed E-state index contributed by atoms with van der Waals surface area (Å²) in [6.45, 7) is 0.414. The Morgan fingerprint density at radius 2 is 1.95 bits per heavy atom. The lowest BCUT2D eigenvalue weighted by molar-refractivity contribution is -0.137. The second kappa shape index (κ2) is 6.96. The van der Waals surface area contributed by atoms with Gasteiger partial charge in [-0.15, -0.1) is 0 Å².